The molecule has 39 heavy (non-hydrogen) atoms. The number of hydrogen-bond donors (Lipinski definition) is 1. The van der Waals surface area contributed by atoms with E-state index >= 15 is 0 Å². The predicted molar refractivity (Wildman–Crippen MR) is 151 cm³/mol. The highest BCUT2D eigenvalue weighted by molar-refractivity contribution is 5.96. The number of hydrogen-bond acceptors (Lipinski definition) is 6. The Morgan fingerprint density at radius 2 is 1.64 bits per heavy atom. The highest BCUT2D eigenvalue weighted by atomic mass is 16.5. The minimum absolute atomic E-state index is 0.0894. The number of fused-ring (bicyclic) bond motifs is 1. The molecule has 0 radical (unpaired) electrons. The average molecular weight is 522 g/mol. The van der Waals surface area contributed by atoms with Crippen LogP contribution in [-0.4, -0.2) is 34.1 Å². The number of rotatable bonds is 7. The SMILES string of the molecule is COC(=O)/C=C/c1cccc(N(C(=O)C2CCCCC2)C(O)c2ccc(-c3ccc4nccnc4c3)cc2)c1. The van der Waals surface area contributed by atoms with E-state index in [4.69, 9.17) is 0 Å². The van der Waals surface area contributed by atoms with Gasteiger partial charge in [-0.3, -0.25) is 19.7 Å². The second kappa shape index (κ2) is 12.0. The van der Waals surface area contributed by atoms with Crippen molar-refractivity contribution in [3.05, 3.63) is 96.3 Å². The number of nitrogens with zero attached hydrogens (tertiary/aromatic N) is 3. The molecule has 1 aliphatic rings. The summed E-state index contributed by atoms with van der Waals surface area (Å²) < 4.78 is 4.69. The maximum Gasteiger partial charge on any atom is 0.330 e. The lowest BCUT2D eigenvalue weighted by molar-refractivity contribution is -0.134. The van der Waals surface area contributed by atoms with Crippen molar-refractivity contribution in [1.82, 2.24) is 9.97 Å². The first kappa shape index (κ1) is 26.3. The fraction of sp³-hybridized carbons (Fsp3) is 0.250. The first-order valence-electron chi connectivity index (χ1n) is 13.2. The van der Waals surface area contributed by atoms with Crippen LogP contribution >= 0.6 is 0 Å². The number of aromatic nitrogens is 2. The summed E-state index contributed by atoms with van der Waals surface area (Å²) in [5.41, 5.74) is 5.50. The monoisotopic (exact) mass is 521 g/mol. The largest absolute Gasteiger partial charge is 0.466 e. The molecule has 1 atom stereocenters. The van der Waals surface area contributed by atoms with Gasteiger partial charge in [-0.1, -0.05) is 61.7 Å². The molecule has 1 fully saturated rings. The fourth-order valence-electron chi connectivity index (χ4n) is 5.09. The van der Waals surface area contributed by atoms with E-state index in [0.717, 1.165) is 59.8 Å². The van der Waals surface area contributed by atoms with Crippen LogP contribution in [0.15, 0.2) is 85.2 Å². The van der Waals surface area contributed by atoms with Crippen molar-refractivity contribution in [1.29, 1.82) is 0 Å². The van der Waals surface area contributed by atoms with Gasteiger partial charge in [-0.2, -0.15) is 0 Å². The number of aliphatic hydroxyl groups is 1. The summed E-state index contributed by atoms with van der Waals surface area (Å²) in [5.74, 6) is -0.691. The van der Waals surface area contributed by atoms with E-state index in [9.17, 15) is 14.7 Å². The van der Waals surface area contributed by atoms with E-state index in [1.54, 1.807) is 24.5 Å². The molecule has 198 valence electrons. The topological polar surface area (TPSA) is 92.6 Å². The molecule has 4 aromatic rings. The Morgan fingerprint density at radius 1 is 0.923 bits per heavy atom. The molecule has 1 saturated carbocycles. The zero-order valence-electron chi connectivity index (χ0n) is 21.9. The Labute approximate surface area is 227 Å². The molecule has 1 amide bonds. The Bertz CT molecular complexity index is 1490. The minimum atomic E-state index is -1.17. The Morgan fingerprint density at radius 3 is 2.38 bits per heavy atom. The van der Waals surface area contributed by atoms with Gasteiger partial charge in [0.25, 0.3) is 0 Å². The molecular formula is C32H31N3O4. The number of carbonyl (C=O) groups is 2. The third-order valence-corrected chi connectivity index (χ3v) is 7.21. The summed E-state index contributed by atoms with van der Waals surface area (Å²) in [6.07, 6.45) is 9.90. The third-order valence-electron chi connectivity index (χ3n) is 7.21. The van der Waals surface area contributed by atoms with Crippen molar-refractivity contribution in [2.24, 2.45) is 5.92 Å². The lowest BCUT2D eigenvalue weighted by Gasteiger charge is -2.33. The first-order valence-corrected chi connectivity index (χ1v) is 13.2. The van der Waals surface area contributed by atoms with Crippen molar-refractivity contribution in [3.63, 3.8) is 0 Å². The standard InChI is InChI=1S/C32H31N3O4/c1-39-30(36)17-10-22-6-5-9-27(20-22)35(31(37)24-7-3-2-4-8-24)32(38)25-13-11-23(12-14-25)26-15-16-28-29(21-26)34-19-18-33-28/h5-6,9-21,24,32,38H,2-4,7-8H2,1H3/b17-10+. The molecule has 1 heterocycles. The molecule has 1 unspecified atom stereocenters. The second-order valence-corrected chi connectivity index (χ2v) is 9.75. The summed E-state index contributed by atoms with van der Waals surface area (Å²) in [5, 5.41) is 11.6. The van der Waals surface area contributed by atoms with Gasteiger partial charge in [-0.25, -0.2) is 4.79 Å². The Balaban J connectivity index is 1.46. The van der Waals surface area contributed by atoms with E-state index in [2.05, 4.69) is 14.7 Å². The summed E-state index contributed by atoms with van der Waals surface area (Å²) >= 11 is 0. The number of ether oxygens (including phenoxy) is 1. The summed E-state index contributed by atoms with van der Waals surface area (Å²) in [4.78, 5) is 35.6. The molecule has 5 rings (SSSR count). The lowest BCUT2D eigenvalue weighted by Crippen LogP contribution is -2.40. The van der Waals surface area contributed by atoms with E-state index in [1.165, 1.54) is 18.1 Å². The average Bonchev–Trinajstić information content (AvgIpc) is 3.00. The smallest absolute Gasteiger partial charge is 0.330 e. The van der Waals surface area contributed by atoms with Gasteiger partial charge in [-0.05, 0) is 59.9 Å². The number of esters is 1. The van der Waals surface area contributed by atoms with Gasteiger partial charge in [-0.15, -0.1) is 0 Å². The highest BCUT2D eigenvalue weighted by Gasteiger charge is 2.32. The maximum absolute atomic E-state index is 13.8. The van der Waals surface area contributed by atoms with Crippen LogP contribution < -0.4 is 4.90 Å². The number of amides is 1. The van der Waals surface area contributed by atoms with E-state index in [-0.39, 0.29) is 11.8 Å². The highest BCUT2D eigenvalue weighted by Crippen LogP contribution is 2.34. The normalized spacial score (nSPS) is 14.8. The second-order valence-electron chi connectivity index (χ2n) is 9.75. The van der Waals surface area contributed by atoms with Crippen LogP contribution in [0.2, 0.25) is 0 Å². The molecular weight excluding hydrogens is 490 g/mol. The fourth-order valence-corrected chi connectivity index (χ4v) is 5.09. The molecule has 0 aliphatic heterocycles. The van der Waals surface area contributed by atoms with Gasteiger partial charge < -0.3 is 9.84 Å². The number of methoxy groups -OCH3 is 1. The van der Waals surface area contributed by atoms with Gasteiger partial charge in [0.2, 0.25) is 5.91 Å². The van der Waals surface area contributed by atoms with Gasteiger partial charge in [0.15, 0.2) is 6.23 Å². The molecule has 7 nitrogen and oxygen atoms in total. The van der Waals surface area contributed by atoms with Crippen molar-refractivity contribution < 1.29 is 19.4 Å². The predicted octanol–water partition coefficient (Wildman–Crippen LogP) is 6.09. The molecule has 1 aliphatic carbocycles. The summed E-state index contributed by atoms with van der Waals surface area (Å²) in [6, 6.07) is 20.8. The molecule has 1 aromatic heterocycles. The van der Waals surface area contributed by atoms with E-state index in [0.29, 0.717) is 11.3 Å². The number of aliphatic hydroxyl groups excluding tert-OH is 1. The van der Waals surface area contributed by atoms with Crippen LogP contribution in [-0.2, 0) is 14.3 Å². The van der Waals surface area contributed by atoms with Crippen LogP contribution in [0.1, 0.15) is 49.5 Å². The van der Waals surface area contributed by atoms with Crippen LogP contribution in [0.5, 0.6) is 0 Å². The molecule has 0 spiro atoms. The van der Waals surface area contributed by atoms with Crippen molar-refractivity contribution in [3.8, 4) is 11.1 Å². The number of anilines is 1. The van der Waals surface area contributed by atoms with Crippen LogP contribution in [0.4, 0.5) is 5.69 Å². The van der Waals surface area contributed by atoms with E-state index in [1.807, 2.05) is 60.7 Å². The zero-order chi connectivity index (χ0) is 27.2. The molecule has 0 bridgehead atoms. The molecule has 0 saturated heterocycles. The van der Waals surface area contributed by atoms with Gasteiger partial charge >= 0.3 is 5.97 Å². The van der Waals surface area contributed by atoms with Crippen molar-refractivity contribution >= 4 is 34.7 Å². The minimum Gasteiger partial charge on any atom is -0.466 e. The van der Waals surface area contributed by atoms with Gasteiger partial charge in [0.1, 0.15) is 0 Å². The van der Waals surface area contributed by atoms with E-state index < -0.39 is 12.2 Å². The van der Waals surface area contributed by atoms with Crippen LogP contribution in [0, 0.1) is 5.92 Å². The van der Waals surface area contributed by atoms with Crippen LogP contribution in [0.25, 0.3) is 28.2 Å². The maximum atomic E-state index is 13.8. The summed E-state index contributed by atoms with van der Waals surface area (Å²) in [6.45, 7) is 0. The van der Waals surface area contributed by atoms with Gasteiger partial charge in [0.05, 0.1) is 18.1 Å². The molecule has 3 aromatic carbocycles. The quantitative estimate of drug-likeness (QED) is 0.180. The number of carbonyl (C=O) groups excluding carboxylic acids is 2. The third kappa shape index (κ3) is 6.04. The van der Waals surface area contributed by atoms with Crippen LogP contribution in [0.3, 0.4) is 0 Å². The number of benzene rings is 3. The zero-order valence-corrected chi connectivity index (χ0v) is 21.9. The van der Waals surface area contributed by atoms with Crippen molar-refractivity contribution in [2.45, 2.75) is 38.3 Å². The first-order chi connectivity index (χ1) is 19.0. The Hall–Kier alpha value is -4.36. The lowest BCUT2D eigenvalue weighted by atomic mass is 9.88. The molecule has 7 heteroatoms. The summed E-state index contributed by atoms with van der Waals surface area (Å²) in [7, 11) is 1.32. The molecule has 1 N–H and O–H groups in total. The van der Waals surface area contributed by atoms with Crippen molar-refractivity contribution in [2.75, 3.05) is 12.0 Å². The van der Waals surface area contributed by atoms with Gasteiger partial charge in [0, 0.05) is 35.6 Å². The Kier molecular flexibility index (Phi) is 8.08.